The van der Waals surface area contributed by atoms with Crippen molar-refractivity contribution in [2.45, 2.75) is 25.0 Å². The summed E-state index contributed by atoms with van der Waals surface area (Å²) in [5.74, 6) is -0.208. The molecule has 1 aliphatic carbocycles. The van der Waals surface area contributed by atoms with Crippen LogP contribution < -0.4 is 21.5 Å². The van der Waals surface area contributed by atoms with Gasteiger partial charge in [-0.25, -0.2) is 14.4 Å². The number of methoxy groups -OCH3 is 1. The molecule has 0 bridgehead atoms. The lowest BCUT2D eigenvalue weighted by Gasteiger charge is -2.35. The average molecular weight is 478 g/mol. The van der Waals surface area contributed by atoms with Crippen molar-refractivity contribution in [2.75, 3.05) is 24.8 Å². The zero-order chi connectivity index (χ0) is 24.5. The quantitative estimate of drug-likeness (QED) is 0.369. The van der Waals surface area contributed by atoms with E-state index in [0.29, 0.717) is 17.3 Å². The molecule has 12 heteroatoms. The van der Waals surface area contributed by atoms with Crippen molar-refractivity contribution in [3.05, 3.63) is 70.7 Å². The van der Waals surface area contributed by atoms with Crippen LogP contribution in [-0.4, -0.2) is 56.4 Å². The van der Waals surface area contributed by atoms with Gasteiger partial charge in [0.15, 0.2) is 17.3 Å². The van der Waals surface area contributed by atoms with Gasteiger partial charge >= 0.3 is 0 Å². The zero-order valence-electron chi connectivity index (χ0n) is 19.0. The number of halogens is 1. The second-order valence-corrected chi connectivity index (χ2v) is 8.03. The highest BCUT2D eigenvalue weighted by Gasteiger charge is 2.33. The molecule has 0 aliphatic heterocycles. The Kier molecular flexibility index (Phi) is 5.87. The average Bonchev–Trinajstić information content (AvgIpc) is 3.27. The first-order valence-corrected chi connectivity index (χ1v) is 11.0. The zero-order valence-corrected chi connectivity index (χ0v) is 19.0. The maximum absolute atomic E-state index is 14.2. The monoisotopic (exact) mass is 478 g/mol. The molecule has 4 aromatic rings. The number of pyridine rings is 2. The summed E-state index contributed by atoms with van der Waals surface area (Å²) in [4.78, 5) is 34.5. The van der Waals surface area contributed by atoms with E-state index >= 15 is 0 Å². The van der Waals surface area contributed by atoms with Crippen molar-refractivity contribution in [1.29, 1.82) is 0 Å². The SMILES string of the molecule is CNc1cc(Nc2cccn(-c3ncccc3F)c2=O)nc2c(C(=O)NC3CC[C@H]3OC)cnn12. The summed E-state index contributed by atoms with van der Waals surface area (Å²) in [5.41, 5.74) is 0.226. The molecule has 4 heterocycles. The summed E-state index contributed by atoms with van der Waals surface area (Å²) in [6.45, 7) is 0. The van der Waals surface area contributed by atoms with Crippen LogP contribution in [0.3, 0.4) is 0 Å². The Labute approximate surface area is 199 Å². The van der Waals surface area contributed by atoms with E-state index in [1.165, 1.54) is 35.2 Å². The second-order valence-electron chi connectivity index (χ2n) is 8.03. The molecule has 3 N–H and O–H groups in total. The first-order valence-electron chi connectivity index (χ1n) is 11.0. The molecule has 0 saturated heterocycles. The van der Waals surface area contributed by atoms with E-state index in [1.807, 2.05) is 0 Å². The molecular formula is C23H23FN8O3. The number of carbonyl (C=O) groups excluding carboxylic acids is 1. The summed E-state index contributed by atoms with van der Waals surface area (Å²) in [6, 6.07) is 7.40. The van der Waals surface area contributed by atoms with Crippen molar-refractivity contribution in [2.24, 2.45) is 0 Å². The van der Waals surface area contributed by atoms with Gasteiger partial charge in [-0.3, -0.25) is 14.2 Å². The standard InChI is InChI=1S/C23H23FN8O3/c1-25-19-11-18(28-16-6-4-10-31(23(16)34)21-14(24)5-3-9-26-21)30-20-13(12-27-32(19)20)22(33)29-15-7-8-17(15)35-2/h3-6,9-12,15,17,25H,7-8H2,1-2H3,(H,28,30)(H,29,33)/t15?,17-/m1/s1. The first kappa shape index (κ1) is 22.5. The van der Waals surface area contributed by atoms with E-state index in [-0.39, 0.29) is 35.1 Å². The van der Waals surface area contributed by atoms with E-state index in [1.54, 1.807) is 32.4 Å². The van der Waals surface area contributed by atoms with Crippen LogP contribution in [0.4, 0.5) is 21.7 Å². The van der Waals surface area contributed by atoms with Gasteiger partial charge in [0, 0.05) is 32.6 Å². The van der Waals surface area contributed by atoms with E-state index in [9.17, 15) is 14.0 Å². The molecule has 0 radical (unpaired) electrons. The van der Waals surface area contributed by atoms with Gasteiger partial charge in [-0.15, -0.1) is 0 Å². The van der Waals surface area contributed by atoms with Gasteiger partial charge in [-0.05, 0) is 37.1 Å². The van der Waals surface area contributed by atoms with Gasteiger partial charge in [0.2, 0.25) is 0 Å². The van der Waals surface area contributed by atoms with E-state index in [4.69, 9.17) is 4.74 Å². The number of fused-ring (bicyclic) bond motifs is 1. The van der Waals surface area contributed by atoms with Gasteiger partial charge in [-0.2, -0.15) is 9.61 Å². The fourth-order valence-electron chi connectivity index (χ4n) is 3.98. The Morgan fingerprint density at radius 3 is 2.83 bits per heavy atom. The molecule has 1 saturated carbocycles. The molecule has 1 unspecified atom stereocenters. The lowest BCUT2D eigenvalue weighted by atomic mass is 9.89. The van der Waals surface area contributed by atoms with Crippen LogP contribution in [0, 0.1) is 5.82 Å². The highest BCUT2D eigenvalue weighted by atomic mass is 19.1. The molecule has 35 heavy (non-hydrogen) atoms. The van der Waals surface area contributed by atoms with Crippen LogP contribution >= 0.6 is 0 Å². The molecule has 0 spiro atoms. The van der Waals surface area contributed by atoms with Crippen LogP contribution in [0.2, 0.25) is 0 Å². The third kappa shape index (κ3) is 4.08. The van der Waals surface area contributed by atoms with Gasteiger partial charge in [0.25, 0.3) is 11.5 Å². The van der Waals surface area contributed by atoms with E-state index in [2.05, 4.69) is 31.0 Å². The van der Waals surface area contributed by atoms with Crippen molar-refractivity contribution in [1.82, 2.24) is 29.5 Å². The molecule has 2 atom stereocenters. The van der Waals surface area contributed by atoms with Crippen LogP contribution in [0.5, 0.6) is 0 Å². The Hall–Kier alpha value is -4.32. The Morgan fingerprint density at radius 2 is 2.11 bits per heavy atom. The molecule has 1 aliphatic rings. The fourth-order valence-corrected chi connectivity index (χ4v) is 3.98. The van der Waals surface area contributed by atoms with Gasteiger partial charge in [0.1, 0.15) is 22.9 Å². The van der Waals surface area contributed by atoms with Gasteiger partial charge in [-0.1, -0.05) is 0 Å². The summed E-state index contributed by atoms with van der Waals surface area (Å²) in [6.07, 6.45) is 6.00. The lowest BCUT2D eigenvalue weighted by Crippen LogP contribution is -2.51. The third-order valence-electron chi connectivity index (χ3n) is 5.98. The van der Waals surface area contributed by atoms with Crippen LogP contribution in [0.1, 0.15) is 23.2 Å². The Balaban J connectivity index is 1.49. The Morgan fingerprint density at radius 1 is 1.26 bits per heavy atom. The second kappa shape index (κ2) is 9.14. The molecule has 1 fully saturated rings. The number of amides is 1. The van der Waals surface area contributed by atoms with Crippen LogP contribution in [0.15, 0.2) is 53.7 Å². The van der Waals surface area contributed by atoms with Crippen molar-refractivity contribution >= 4 is 28.9 Å². The number of nitrogens with one attached hydrogen (secondary N) is 3. The lowest BCUT2D eigenvalue weighted by molar-refractivity contribution is 0.00732. The minimum Gasteiger partial charge on any atom is -0.379 e. The number of ether oxygens (including phenoxy) is 1. The molecule has 4 aromatic heterocycles. The summed E-state index contributed by atoms with van der Waals surface area (Å²) in [5, 5.41) is 13.2. The molecular weight excluding hydrogens is 455 g/mol. The topological polar surface area (TPSA) is 127 Å². The van der Waals surface area contributed by atoms with Crippen LogP contribution in [0.25, 0.3) is 11.5 Å². The third-order valence-corrected chi connectivity index (χ3v) is 5.98. The summed E-state index contributed by atoms with van der Waals surface area (Å²) >= 11 is 0. The molecule has 11 nitrogen and oxygen atoms in total. The smallest absolute Gasteiger partial charge is 0.280 e. The Bertz CT molecular complexity index is 1460. The minimum absolute atomic E-state index is 0.0111. The number of rotatable bonds is 7. The highest BCUT2D eigenvalue weighted by Crippen LogP contribution is 2.25. The van der Waals surface area contributed by atoms with Crippen LogP contribution in [-0.2, 0) is 4.74 Å². The van der Waals surface area contributed by atoms with E-state index < -0.39 is 11.4 Å². The summed E-state index contributed by atoms with van der Waals surface area (Å²) in [7, 11) is 3.33. The summed E-state index contributed by atoms with van der Waals surface area (Å²) < 4.78 is 22.2. The first-order chi connectivity index (χ1) is 17.0. The maximum atomic E-state index is 14.2. The van der Waals surface area contributed by atoms with Crippen molar-refractivity contribution < 1.29 is 13.9 Å². The highest BCUT2D eigenvalue weighted by molar-refractivity contribution is 6.00. The van der Waals surface area contributed by atoms with Gasteiger partial charge in [0.05, 0.1) is 18.3 Å². The number of nitrogens with zero attached hydrogens (tertiary/aromatic N) is 5. The minimum atomic E-state index is -0.624. The number of carbonyl (C=O) groups is 1. The number of anilines is 3. The van der Waals surface area contributed by atoms with Crippen molar-refractivity contribution in [3.63, 3.8) is 0 Å². The molecule has 0 aromatic carbocycles. The normalized spacial score (nSPS) is 17.1. The van der Waals surface area contributed by atoms with E-state index in [0.717, 1.165) is 17.4 Å². The predicted octanol–water partition coefficient (Wildman–Crippen LogP) is 2.11. The number of hydrogen-bond donors (Lipinski definition) is 3. The number of aromatic nitrogens is 5. The maximum Gasteiger partial charge on any atom is 0.280 e. The molecule has 5 rings (SSSR count). The van der Waals surface area contributed by atoms with Gasteiger partial charge < -0.3 is 20.7 Å². The molecule has 180 valence electrons. The predicted molar refractivity (Wildman–Crippen MR) is 127 cm³/mol. The fraction of sp³-hybridized carbons (Fsp3) is 0.261. The van der Waals surface area contributed by atoms with Crippen molar-refractivity contribution in [3.8, 4) is 5.82 Å². The largest absolute Gasteiger partial charge is 0.379 e. The molecule has 1 amide bonds. The number of hydrogen-bond acceptors (Lipinski definition) is 8.